The summed E-state index contributed by atoms with van der Waals surface area (Å²) in [6.07, 6.45) is 0. The van der Waals surface area contributed by atoms with Crippen LogP contribution in [0.25, 0.3) is 21.9 Å². The maximum absolute atomic E-state index is 13.3. The Balaban J connectivity index is 1.54. The highest BCUT2D eigenvalue weighted by Crippen LogP contribution is 2.38. The Hall–Kier alpha value is -5.15. The average molecular weight is 594 g/mol. The molecule has 0 aliphatic rings. The maximum Gasteiger partial charge on any atom is 0.336 e. The zero-order chi connectivity index (χ0) is 30.9. The molecule has 0 aliphatic carbocycles. The average Bonchev–Trinajstić information content (AvgIpc) is 2.97. The number of nitrogens with two attached hydrogens (primary N) is 1. The van der Waals surface area contributed by atoms with Crippen molar-refractivity contribution < 1.29 is 23.1 Å². The van der Waals surface area contributed by atoms with Crippen molar-refractivity contribution in [2.45, 2.75) is 31.1 Å². The summed E-state index contributed by atoms with van der Waals surface area (Å²) in [7, 11) is -3.94. The minimum absolute atomic E-state index is 0.0263. The van der Waals surface area contributed by atoms with Crippen molar-refractivity contribution >= 4 is 38.3 Å². The van der Waals surface area contributed by atoms with Crippen molar-refractivity contribution in [1.29, 1.82) is 5.41 Å². The van der Waals surface area contributed by atoms with E-state index in [1.165, 1.54) is 6.07 Å². The highest BCUT2D eigenvalue weighted by molar-refractivity contribution is 7.92. The monoisotopic (exact) mass is 593 g/mol. The van der Waals surface area contributed by atoms with Gasteiger partial charge in [0.1, 0.15) is 17.3 Å². The van der Waals surface area contributed by atoms with Crippen LogP contribution in [-0.2, 0) is 15.4 Å². The van der Waals surface area contributed by atoms with E-state index >= 15 is 0 Å². The van der Waals surface area contributed by atoms with Gasteiger partial charge >= 0.3 is 5.97 Å². The summed E-state index contributed by atoms with van der Waals surface area (Å²) in [4.78, 5) is 12.2. The second kappa shape index (κ2) is 11.3. The molecule has 0 aromatic heterocycles. The first-order valence-electron chi connectivity index (χ1n) is 13.5. The predicted octanol–water partition coefficient (Wildman–Crippen LogP) is 7.38. The van der Waals surface area contributed by atoms with Crippen molar-refractivity contribution in [2.24, 2.45) is 5.73 Å². The minimum Gasteiger partial charge on any atom is -0.478 e. The summed E-state index contributed by atoms with van der Waals surface area (Å²) >= 11 is 0. The number of carboxylic acids is 1. The first-order valence-corrected chi connectivity index (χ1v) is 15.0. The van der Waals surface area contributed by atoms with Crippen LogP contribution in [-0.4, -0.2) is 25.3 Å². The Bertz CT molecular complexity index is 1980. The Morgan fingerprint density at radius 3 is 2.19 bits per heavy atom. The summed E-state index contributed by atoms with van der Waals surface area (Å²) in [6, 6.07) is 28.8. The maximum atomic E-state index is 13.3. The Morgan fingerprint density at radius 2 is 1.51 bits per heavy atom. The molecule has 5 N–H and O–H groups in total. The molecule has 0 saturated heterocycles. The number of anilines is 1. The number of hydrogen-bond donors (Lipinski definition) is 4. The van der Waals surface area contributed by atoms with Crippen molar-refractivity contribution in [3.05, 3.63) is 120 Å². The van der Waals surface area contributed by atoms with E-state index in [0.29, 0.717) is 28.2 Å². The van der Waals surface area contributed by atoms with E-state index in [0.717, 1.165) is 16.3 Å². The zero-order valence-corrected chi connectivity index (χ0v) is 24.7. The topological polar surface area (TPSA) is 143 Å². The predicted molar refractivity (Wildman–Crippen MR) is 170 cm³/mol. The van der Waals surface area contributed by atoms with Gasteiger partial charge in [-0.1, -0.05) is 69.3 Å². The lowest BCUT2D eigenvalue weighted by atomic mass is 9.87. The van der Waals surface area contributed by atoms with E-state index in [2.05, 4.69) is 25.5 Å². The third-order valence-electron chi connectivity index (χ3n) is 7.06. The highest BCUT2D eigenvalue weighted by Gasteiger charge is 2.21. The summed E-state index contributed by atoms with van der Waals surface area (Å²) < 4.78 is 35.5. The third kappa shape index (κ3) is 6.37. The van der Waals surface area contributed by atoms with Gasteiger partial charge < -0.3 is 15.6 Å². The van der Waals surface area contributed by atoms with Crippen LogP contribution >= 0.6 is 0 Å². The molecule has 0 unspecified atom stereocenters. The van der Waals surface area contributed by atoms with Gasteiger partial charge in [-0.25, -0.2) is 13.2 Å². The van der Waals surface area contributed by atoms with Crippen LogP contribution in [0, 0.1) is 5.41 Å². The fourth-order valence-electron chi connectivity index (χ4n) is 4.73. The molecule has 218 valence electrons. The van der Waals surface area contributed by atoms with Gasteiger partial charge in [0.05, 0.1) is 10.5 Å². The molecular formula is C34H31N3O5S. The van der Waals surface area contributed by atoms with Crippen LogP contribution < -0.4 is 15.2 Å². The van der Waals surface area contributed by atoms with Crippen molar-refractivity contribution in [2.75, 3.05) is 4.72 Å². The number of fused-ring (bicyclic) bond motifs is 1. The van der Waals surface area contributed by atoms with Crippen LogP contribution in [0.1, 0.15) is 42.3 Å². The molecule has 0 heterocycles. The second-order valence-electron chi connectivity index (χ2n) is 11.2. The molecule has 0 aliphatic heterocycles. The van der Waals surface area contributed by atoms with Gasteiger partial charge in [-0.15, -0.1) is 0 Å². The number of hydrogen-bond acceptors (Lipinski definition) is 5. The van der Waals surface area contributed by atoms with E-state index in [1.807, 2.05) is 24.3 Å². The lowest BCUT2D eigenvalue weighted by Gasteiger charge is -2.19. The van der Waals surface area contributed by atoms with Gasteiger partial charge in [-0.3, -0.25) is 10.1 Å². The van der Waals surface area contributed by atoms with Gasteiger partial charge in [0.15, 0.2) is 0 Å². The molecular weight excluding hydrogens is 562 g/mol. The smallest absolute Gasteiger partial charge is 0.336 e. The SMILES string of the molecule is CC(C)(C)c1ccc(S(=O)(=O)Nc2ccc(Oc3ccc4cc(C(=N)N)ccc4c3)c(-c3ccccc3C(=O)O)c2)cc1. The molecule has 0 bridgehead atoms. The normalized spacial score (nSPS) is 11.7. The Morgan fingerprint density at radius 1 is 0.837 bits per heavy atom. The third-order valence-corrected chi connectivity index (χ3v) is 8.46. The first kappa shape index (κ1) is 29.3. The minimum atomic E-state index is -3.94. The van der Waals surface area contributed by atoms with Crippen molar-refractivity contribution in [3.63, 3.8) is 0 Å². The van der Waals surface area contributed by atoms with Gasteiger partial charge in [0.2, 0.25) is 0 Å². The van der Waals surface area contributed by atoms with Crippen LogP contribution in [0.3, 0.4) is 0 Å². The molecule has 0 radical (unpaired) electrons. The fraction of sp³-hybridized carbons (Fsp3) is 0.118. The first-order chi connectivity index (χ1) is 20.3. The van der Waals surface area contributed by atoms with Crippen LogP contribution in [0.2, 0.25) is 0 Å². The zero-order valence-electron chi connectivity index (χ0n) is 23.9. The van der Waals surface area contributed by atoms with Gasteiger partial charge in [-0.2, -0.15) is 0 Å². The lowest BCUT2D eigenvalue weighted by Crippen LogP contribution is -2.15. The summed E-state index contributed by atoms with van der Waals surface area (Å²) in [5.41, 5.74) is 8.17. The number of rotatable bonds is 8. The summed E-state index contributed by atoms with van der Waals surface area (Å²) in [6.45, 7) is 6.16. The lowest BCUT2D eigenvalue weighted by molar-refractivity contribution is 0.0697. The van der Waals surface area contributed by atoms with Gasteiger partial charge in [0.25, 0.3) is 10.0 Å². The number of carboxylic acid groups (broad SMARTS) is 1. The second-order valence-corrected chi connectivity index (χ2v) is 12.9. The molecule has 0 saturated carbocycles. The van der Waals surface area contributed by atoms with Crippen LogP contribution in [0.5, 0.6) is 11.5 Å². The number of amidine groups is 1. The highest BCUT2D eigenvalue weighted by atomic mass is 32.2. The van der Waals surface area contributed by atoms with Crippen molar-refractivity contribution in [3.8, 4) is 22.6 Å². The van der Waals surface area contributed by atoms with E-state index in [-0.39, 0.29) is 27.4 Å². The largest absolute Gasteiger partial charge is 0.478 e. The van der Waals surface area contributed by atoms with E-state index < -0.39 is 16.0 Å². The summed E-state index contributed by atoms with van der Waals surface area (Å²) in [5.74, 6) is -0.324. The quantitative estimate of drug-likeness (QED) is 0.109. The number of sulfonamides is 1. The number of aromatic carboxylic acids is 1. The van der Waals surface area contributed by atoms with Crippen molar-refractivity contribution in [1.82, 2.24) is 0 Å². The van der Waals surface area contributed by atoms with Crippen LogP contribution in [0.15, 0.2) is 108 Å². The Labute approximate surface area is 250 Å². The Kier molecular flexibility index (Phi) is 7.69. The fourth-order valence-corrected chi connectivity index (χ4v) is 5.78. The number of nitrogen functional groups attached to an aromatic ring is 1. The molecule has 43 heavy (non-hydrogen) atoms. The molecule has 0 amide bonds. The molecule has 5 aromatic rings. The van der Waals surface area contributed by atoms with Gasteiger partial charge in [0, 0.05) is 16.8 Å². The molecule has 0 atom stereocenters. The van der Waals surface area contributed by atoms with Gasteiger partial charge in [-0.05, 0) is 81.9 Å². The number of carbonyl (C=O) groups is 1. The molecule has 9 heteroatoms. The number of ether oxygens (including phenoxy) is 1. The molecule has 5 rings (SSSR count). The molecule has 0 spiro atoms. The molecule has 0 fully saturated rings. The molecule has 8 nitrogen and oxygen atoms in total. The number of nitrogens with one attached hydrogen (secondary N) is 2. The van der Waals surface area contributed by atoms with E-state index in [1.54, 1.807) is 72.8 Å². The van der Waals surface area contributed by atoms with E-state index in [9.17, 15) is 18.3 Å². The van der Waals surface area contributed by atoms with Crippen LogP contribution in [0.4, 0.5) is 5.69 Å². The summed E-state index contributed by atoms with van der Waals surface area (Å²) in [5, 5.41) is 19.3. The standard InChI is InChI=1S/C34H31N3O5S/c1-34(2,3)24-11-15-27(16-12-24)43(40,41)37-25-13-17-31(30(20-25)28-6-4-5-7-29(28)33(38)39)42-26-14-10-21-18-23(32(35)36)9-8-22(21)19-26/h4-20,37H,1-3H3,(H3,35,36)(H,38,39). The molecule has 5 aromatic carbocycles. The number of benzene rings is 5. The van der Waals surface area contributed by atoms with E-state index in [4.69, 9.17) is 15.9 Å².